The van der Waals surface area contributed by atoms with Gasteiger partial charge >= 0.3 is 0 Å². The molecule has 4 aromatic carbocycles. The fraction of sp³-hybridized carbons (Fsp3) is 0.429. The van der Waals surface area contributed by atoms with Gasteiger partial charge in [0.25, 0.3) is 0 Å². The number of methoxy groups -OCH3 is 2. The molecule has 2 aliphatic heterocycles. The second-order valence-electron chi connectivity index (χ2n) is 20.4. The molecule has 0 bridgehead atoms. The number of fused-ring (bicyclic) bond motifs is 2. The summed E-state index contributed by atoms with van der Waals surface area (Å²) in [5.41, 5.74) is 17.6. The van der Waals surface area contributed by atoms with Crippen LogP contribution in [0.1, 0.15) is 108 Å². The Morgan fingerprint density at radius 2 is 1.05 bits per heavy atom. The molecular formula is C63H81N7O6. The van der Waals surface area contributed by atoms with E-state index in [0.29, 0.717) is 32.4 Å². The normalized spacial score (nSPS) is 16.4. The SMILES string of the molecule is C.C.COCCCn1c([C@@H]2CCCN(C(=O)C[C@H](C)Cc3ccc(-c4ccoc4)cc3)C2)nc2ccccc21.COCCCn1c([C@@H]2CCCN(C(=O)C[C@H](N)Cc3ccc(-c4ccoc4)cc3)C2)nc2ccccc21. The number of aryl methyl sites for hydroxylation is 2. The quantitative estimate of drug-likeness (QED) is 0.0737. The molecule has 0 unspecified atom stereocenters. The molecule has 13 nitrogen and oxygen atoms in total. The van der Waals surface area contributed by atoms with Crippen molar-refractivity contribution < 1.29 is 27.9 Å². The van der Waals surface area contributed by atoms with Crippen molar-refractivity contribution in [2.24, 2.45) is 11.7 Å². The van der Waals surface area contributed by atoms with Gasteiger partial charge in [0.2, 0.25) is 11.8 Å². The van der Waals surface area contributed by atoms with Gasteiger partial charge in [-0.15, -0.1) is 0 Å². The topological polar surface area (TPSA) is 147 Å². The van der Waals surface area contributed by atoms with E-state index in [-0.39, 0.29) is 50.5 Å². The lowest BCUT2D eigenvalue weighted by Gasteiger charge is -2.33. The molecule has 2 N–H and O–H groups in total. The maximum Gasteiger partial charge on any atom is 0.224 e. The molecule has 13 heteroatoms. The Morgan fingerprint density at radius 3 is 1.50 bits per heavy atom. The third kappa shape index (κ3) is 14.4. The largest absolute Gasteiger partial charge is 0.472 e. The standard InChI is InChI=1S/C31H37N3O3.C30H36N4O3.2CH4/c1-23(19-24-10-12-25(13-11-24)27-14-18-37-22-27)20-30(35)33-15-5-7-26(21-33)31-32-28-8-3-4-9-29(28)34(31)16-6-17-36-2;1-36-16-5-15-34-28-8-3-2-7-27(28)32-30(34)24-6-4-14-33(20-24)29(35)19-26(31)18-22-9-11-23(12-10-22)25-13-17-37-21-25;;/h3-4,8-14,18,22-23,26H,5-7,15-17,19-21H2,1-2H3;2-3,7-13,17,21,24,26H,4-6,14-16,18-20,31H2,1H3;2*1H4/t23-,26-;24-,26-;;/m11../s1. The number of aromatic nitrogens is 4. The number of furan rings is 2. The fourth-order valence-electron chi connectivity index (χ4n) is 11.0. The van der Waals surface area contributed by atoms with Crippen molar-refractivity contribution in [2.45, 2.75) is 117 Å². The van der Waals surface area contributed by atoms with Gasteiger partial charge in [-0.1, -0.05) is 94.6 Å². The Bertz CT molecular complexity index is 2790. The Morgan fingerprint density at radius 1 is 0.605 bits per heavy atom. The minimum absolute atomic E-state index is 0. The predicted octanol–water partition coefficient (Wildman–Crippen LogP) is 12.6. The first-order valence-corrected chi connectivity index (χ1v) is 26.7. The van der Waals surface area contributed by atoms with Crippen LogP contribution in [0.2, 0.25) is 0 Å². The number of piperidine rings is 2. The van der Waals surface area contributed by atoms with Gasteiger partial charge in [-0.05, 0) is 116 Å². The van der Waals surface area contributed by atoms with Gasteiger partial charge in [-0.3, -0.25) is 9.59 Å². The van der Waals surface area contributed by atoms with Crippen LogP contribution in [0.15, 0.2) is 143 Å². The molecule has 10 rings (SSSR count). The van der Waals surface area contributed by atoms with E-state index in [9.17, 15) is 9.59 Å². The van der Waals surface area contributed by atoms with Crippen molar-refractivity contribution in [1.29, 1.82) is 0 Å². The van der Waals surface area contributed by atoms with Crippen LogP contribution < -0.4 is 5.73 Å². The molecule has 0 saturated carbocycles. The first kappa shape index (κ1) is 56.9. The van der Waals surface area contributed by atoms with Crippen molar-refractivity contribution in [2.75, 3.05) is 53.6 Å². The lowest BCUT2D eigenvalue weighted by molar-refractivity contribution is -0.133. The number of hydrogen-bond acceptors (Lipinski definition) is 9. The van der Waals surface area contributed by atoms with Crippen molar-refractivity contribution in [1.82, 2.24) is 28.9 Å². The highest BCUT2D eigenvalue weighted by atomic mass is 16.5. The lowest BCUT2D eigenvalue weighted by atomic mass is 9.94. The number of rotatable bonds is 20. The van der Waals surface area contributed by atoms with Crippen LogP contribution in [0.25, 0.3) is 44.3 Å². The molecule has 2 amide bonds. The maximum atomic E-state index is 13.3. The van der Waals surface area contributed by atoms with Gasteiger partial charge in [0, 0.05) is 109 Å². The van der Waals surface area contributed by atoms with Crippen LogP contribution >= 0.6 is 0 Å². The molecule has 404 valence electrons. The summed E-state index contributed by atoms with van der Waals surface area (Å²) in [6, 6.07) is 37.2. The van der Waals surface area contributed by atoms with E-state index < -0.39 is 0 Å². The molecular weight excluding hydrogens is 951 g/mol. The van der Waals surface area contributed by atoms with Crippen LogP contribution in [0.3, 0.4) is 0 Å². The van der Waals surface area contributed by atoms with Crippen molar-refractivity contribution >= 4 is 33.9 Å². The van der Waals surface area contributed by atoms with E-state index in [1.54, 1.807) is 39.3 Å². The third-order valence-electron chi connectivity index (χ3n) is 14.8. The molecule has 6 heterocycles. The zero-order chi connectivity index (χ0) is 51.2. The average Bonchev–Trinajstić information content (AvgIpc) is 4.29. The van der Waals surface area contributed by atoms with Crippen molar-refractivity contribution in [3.05, 3.63) is 157 Å². The van der Waals surface area contributed by atoms with Gasteiger partial charge < -0.3 is 43.0 Å². The number of nitrogens with two attached hydrogens (primary N) is 1. The number of amides is 2. The number of carbonyl (C=O) groups is 2. The summed E-state index contributed by atoms with van der Waals surface area (Å²) < 4.78 is 25.6. The molecule has 2 saturated heterocycles. The number of nitrogens with zero attached hydrogens (tertiary/aromatic N) is 6. The average molecular weight is 1030 g/mol. The molecule has 76 heavy (non-hydrogen) atoms. The minimum atomic E-state index is -0.216. The number of imidazole rings is 2. The molecule has 0 radical (unpaired) electrons. The van der Waals surface area contributed by atoms with Crippen molar-refractivity contribution in [3.63, 3.8) is 0 Å². The van der Waals surface area contributed by atoms with Gasteiger partial charge in [-0.25, -0.2) is 9.97 Å². The number of para-hydroxylation sites is 4. The van der Waals surface area contributed by atoms with E-state index in [2.05, 4.69) is 106 Å². The first-order valence-electron chi connectivity index (χ1n) is 26.7. The first-order chi connectivity index (χ1) is 36.2. The molecule has 0 aliphatic carbocycles. The van der Waals surface area contributed by atoms with Crippen LogP contribution in [0.5, 0.6) is 0 Å². The smallest absolute Gasteiger partial charge is 0.224 e. The highest BCUT2D eigenvalue weighted by Gasteiger charge is 2.31. The Labute approximate surface area is 450 Å². The highest BCUT2D eigenvalue weighted by molar-refractivity contribution is 5.79. The van der Waals surface area contributed by atoms with Crippen LogP contribution in [-0.2, 0) is 45.0 Å². The molecule has 4 aromatic heterocycles. The number of benzene rings is 4. The Balaban J connectivity index is 0.000000216. The highest BCUT2D eigenvalue weighted by Crippen LogP contribution is 2.33. The van der Waals surface area contributed by atoms with Gasteiger partial charge in [-0.2, -0.15) is 0 Å². The summed E-state index contributed by atoms with van der Waals surface area (Å²) in [5.74, 6) is 3.35. The summed E-state index contributed by atoms with van der Waals surface area (Å²) in [4.78, 5) is 40.7. The van der Waals surface area contributed by atoms with E-state index in [1.165, 1.54) is 11.1 Å². The molecule has 0 spiro atoms. The van der Waals surface area contributed by atoms with Crippen LogP contribution in [-0.4, -0.2) is 100 Å². The number of ether oxygens (including phenoxy) is 2. The summed E-state index contributed by atoms with van der Waals surface area (Å²) >= 11 is 0. The Kier molecular flexibility index (Phi) is 20.8. The molecule has 2 fully saturated rings. The molecule has 2 aliphatic rings. The second-order valence-corrected chi connectivity index (χ2v) is 20.4. The molecule has 8 aromatic rings. The summed E-state index contributed by atoms with van der Waals surface area (Å²) in [6.45, 7) is 8.42. The summed E-state index contributed by atoms with van der Waals surface area (Å²) in [5, 5.41) is 0. The third-order valence-corrected chi connectivity index (χ3v) is 14.8. The van der Waals surface area contributed by atoms with E-state index >= 15 is 0 Å². The second kappa shape index (κ2) is 27.8. The number of hydrogen-bond donors (Lipinski definition) is 1. The molecule has 4 atom stereocenters. The fourth-order valence-corrected chi connectivity index (χ4v) is 11.0. The predicted molar refractivity (Wildman–Crippen MR) is 305 cm³/mol. The van der Waals surface area contributed by atoms with Crippen LogP contribution in [0.4, 0.5) is 0 Å². The van der Waals surface area contributed by atoms with E-state index in [1.807, 2.05) is 29.2 Å². The zero-order valence-corrected chi connectivity index (χ0v) is 43.4. The number of likely N-dealkylation sites (tertiary alicyclic amines) is 2. The lowest BCUT2D eigenvalue weighted by Crippen LogP contribution is -2.42. The van der Waals surface area contributed by atoms with E-state index in [0.717, 1.165) is 140 Å². The number of carbonyl (C=O) groups excluding carboxylic acids is 2. The van der Waals surface area contributed by atoms with E-state index in [4.69, 9.17) is 34.0 Å². The van der Waals surface area contributed by atoms with Crippen molar-refractivity contribution in [3.8, 4) is 22.3 Å². The van der Waals surface area contributed by atoms with Crippen LogP contribution in [0, 0.1) is 5.92 Å². The minimum Gasteiger partial charge on any atom is -0.472 e. The Hall–Kier alpha value is -6.80. The maximum absolute atomic E-state index is 13.3. The van der Waals surface area contributed by atoms with Gasteiger partial charge in [0.15, 0.2) is 0 Å². The summed E-state index contributed by atoms with van der Waals surface area (Å²) in [6.07, 6.45) is 15.3. The van der Waals surface area contributed by atoms with Gasteiger partial charge in [0.1, 0.15) is 11.6 Å². The monoisotopic (exact) mass is 1030 g/mol. The zero-order valence-electron chi connectivity index (χ0n) is 43.4. The summed E-state index contributed by atoms with van der Waals surface area (Å²) in [7, 11) is 3.48. The van der Waals surface area contributed by atoms with Gasteiger partial charge in [0.05, 0.1) is 47.1 Å².